The fraction of sp³-hybridized carbons (Fsp3) is 0.625. The van der Waals surface area contributed by atoms with Crippen molar-refractivity contribution in [2.45, 2.75) is 52.4 Å². The predicted octanol–water partition coefficient (Wildman–Crippen LogP) is 4.41. The zero-order valence-electron chi connectivity index (χ0n) is 12.3. The first-order chi connectivity index (χ1) is 9.29. The van der Waals surface area contributed by atoms with Crippen molar-refractivity contribution in [3.05, 3.63) is 18.2 Å². The van der Waals surface area contributed by atoms with E-state index in [-0.39, 0.29) is 0 Å². The molecule has 0 bridgehead atoms. The molecule has 0 aliphatic rings. The number of ether oxygens (including phenoxy) is 2. The van der Waals surface area contributed by atoms with Gasteiger partial charge in [-0.25, -0.2) is 0 Å². The minimum atomic E-state index is 0.607. The van der Waals surface area contributed by atoms with Gasteiger partial charge in [-0.15, -0.1) is 0 Å². The lowest BCUT2D eigenvalue weighted by molar-refractivity contribution is 0.301. The van der Waals surface area contributed by atoms with Gasteiger partial charge in [0.15, 0.2) is 0 Å². The van der Waals surface area contributed by atoms with Crippen LogP contribution in [0.25, 0.3) is 0 Å². The molecule has 0 saturated carbocycles. The number of para-hydroxylation sites is 1. The van der Waals surface area contributed by atoms with Gasteiger partial charge in [0.1, 0.15) is 17.2 Å². The van der Waals surface area contributed by atoms with Crippen molar-refractivity contribution < 1.29 is 9.47 Å². The molecule has 1 aromatic rings. The molecule has 0 aromatic heterocycles. The Hall–Kier alpha value is -1.38. The summed E-state index contributed by atoms with van der Waals surface area (Å²) >= 11 is 0. The molecule has 2 N–H and O–H groups in total. The van der Waals surface area contributed by atoms with E-state index in [9.17, 15) is 0 Å². The number of anilines is 1. The monoisotopic (exact) mass is 265 g/mol. The van der Waals surface area contributed by atoms with E-state index < -0.39 is 0 Å². The Labute approximate surface area is 117 Å². The van der Waals surface area contributed by atoms with Gasteiger partial charge in [0.25, 0.3) is 0 Å². The predicted molar refractivity (Wildman–Crippen MR) is 80.9 cm³/mol. The molecule has 0 aliphatic carbocycles. The molecule has 0 radical (unpaired) electrons. The van der Waals surface area contributed by atoms with Crippen LogP contribution < -0.4 is 15.2 Å². The number of hydrogen-bond acceptors (Lipinski definition) is 3. The highest BCUT2D eigenvalue weighted by molar-refractivity contribution is 5.62. The first-order valence-corrected chi connectivity index (χ1v) is 7.43. The van der Waals surface area contributed by atoms with Gasteiger partial charge >= 0.3 is 0 Å². The summed E-state index contributed by atoms with van der Waals surface area (Å²) in [7, 11) is 0. The number of unbranched alkanes of at least 4 members (excludes halogenated alkanes) is 5. The molecule has 0 spiro atoms. The van der Waals surface area contributed by atoms with Crippen LogP contribution >= 0.6 is 0 Å². The third kappa shape index (κ3) is 5.86. The van der Waals surface area contributed by atoms with Crippen molar-refractivity contribution in [1.29, 1.82) is 0 Å². The summed E-state index contributed by atoms with van der Waals surface area (Å²) in [5.74, 6) is 1.45. The van der Waals surface area contributed by atoms with Crippen molar-refractivity contribution in [2.24, 2.45) is 0 Å². The minimum Gasteiger partial charge on any atom is -0.492 e. The molecular weight excluding hydrogens is 238 g/mol. The molecule has 0 aliphatic heterocycles. The van der Waals surface area contributed by atoms with E-state index in [1.54, 1.807) is 0 Å². The van der Waals surface area contributed by atoms with E-state index in [0.29, 0.717) is 18.0 Å². The molecule has 1 rings (SSSR count). The summed E-state index contributed by atoms with van der Waals surface area (Å²) in [6.07, 6.45) is 7.57. The van der Waals surface area contributed by atoms with E-state index in [4.69, 9.17) is 15.2 Å². The van der Waals surface area contributed by atoms with Crippen LogP contribution in [-0.2, 0) is 0 Å². The number of rotatable bonds is 10. The first-order valence-electron chi connectivity index (χ1n) is 7.43. The van der Waals surface area contributed by atoms with Gasteiger partial charge in [0.2, 0.25) is 0 Å². The second-order valence-electron chi connectivity index (χ2n) is 4.72. The molecule has 0 unspecified atom stereocenters. The van der Waals surface area contributed by atoms with Crippen molar-refractivity contribution in [2.75, 3.05) is 18.9 Å². The molecule has 1 aromatic carbocycles. The summed E-state index contributed by atoms with van der Waals surface area (Å²) in [6.45, 7) is 5.53. The Balaban J connectivity index is 2.27. The van der Waals surface area contributed by atoms with Gasteiger partial charge in [-0.05, 0) is 25.5 Å². The average Bonchev–Trinajstić information content (AvgIpc) is 2.42. The van der Waals surface area contributed by atoms with Crippen molar-refractivity contribution >= 4 is 5.69 Å². The minimum absolute atomic E-state index is 0.607. The Morgan fingerprint density at radius 3 is 2.21 bits per heavy atom. The standard InChI is InChI=1S/C16H27NO2/c1-3-5-6-7-8-9-13-19-15-12-10-11-14(16(15)17)18-4-2/h10-12H,3-9,13,17H2,1-2H3. The third-order valence-corrected chi connectivity index (χ3v) is 3.08. The molecule has 0 atom stereocenters. The van der Waals surface area contributed by atoms with Crippen molar-refractivity contribution in [1.82, 2.24) is 0 Å². The van der Waals surface area contributed by atoms with Gasteiger partial charge in [0, 0.05) is 0 Å². The Kier molecular flexibility index (Phi) is 7.87. The zero-order valence-corrected chi connectivity index (χ0v) is 12.3. The molecule has 108 valence electrons. The fourth-order valence-electron chi connectivity index (χ4n) is 2.00. The van der Waals surface area contributed by atoms with Crippen LogP contribution in [0.15, 0.2) is 18.2 Å². The summed E-state index contributed by atoms with van der Waals surface area (Å²) < 4.78 is 11.2. The zero-order chi connectivity index (χ0) is 13.9. The largest absolute Gasteiger partial charge is 0.492 e. The molecular formula is C16H27NO2. The van der Waals surface area contributed by atoms with Gasteiger partial charge in [-0.3, -0.25) is 0 Å². The lowest BCUT2D eigenvalue weighted by atomic mass is 10.1. The summed E-state index contributed by atoms with van der Waals surface area (Å²) in [6, 6.07) is 5.68. The van der Waals surface area contributed by atoms with Crippen LogP contribution in [0, 0.1) is 0 Å². The Morgan fingerprint density at radius 1 is 0.895 bits per heavy atom. The van der Waals surface area contributed by atoms with Gasteiger partial charge < -0.3 is 15.2 Å². The van der Waals surface area contributed by atoms with Crippen LogP contribution in [0.1, 0.15) is 52.4 Å². The van der Waals surface area contributed by atoms with Gasteiger partial charge in [-0.1, -0.05) is 45.1 Å². The van der Waals surface area contributed by atoms with Gasteiger partial charge in [-0.2, -0.15) is 0 Å². The van der Waals surface area contributed by atoms with E-state index >= 15 is 0 Å². The van der Waals surface area contributed by atoms with Crippen molar-refractivity contribution in [3.8, 4) is 11.5 Å². The lowest BCUT2D eigenvalue weighted by Crippen LogP contribution is -2.03. The van der Waals surface area contributed by atoms with Crippen LogP contribution in [-0.4, -0.2) is 13.2 Å². The molecule has 0 heterocycles. The molecule has 3 nitrogen and oxygen atoms in total. The SMILES string of the molecule is CCCCCCCCOc1cccc(OCC)c1N. The van der Waals surface area contributed by atoms with Crippen molar-refractivity contribution in [3.63, 3.8) is 0 Å². The van der Waals surface area contributed by atoms with E-state index in [2.05, 4.69) is 6.92 Å². The number of nitrogen functional groups attached to an aromatic ring is 1. The Bertz CT molecular complexity index is 353. The highest BCUT2D eigenvalue weighted by atomic mass is 16.5. The Morgan fingerprint density at radius 2 is 1.53 bits per heavy atom. The topological polar surface area (TPSA) is 44.5 Å². The van der Waals surface area contributed by atoms with E-state index in [1.807, 2.05) is 25.1 Å². The van der Waals surface area contributed by atoms with Crippen LogP contribution in [0.5, 0.6) is 11.5 Å². The maximum atomic E-state index is 6.00. The molecule has 0 fully saturated rings. The number of hydrogen-bond donors (Lipinski definition) is 1. The smallest absolute Gasteiger partial charge is 0.146 e. The van der Waals surface area contributed by atoms with Crippen LogP contribution in [0.3, 0.4) is 0 Å². The normalized spacial score (nSPS) is 10.4. The third-order valence-electron chi connectivity index (χ3n) is 3.08. The fourth-order valence-corrected chi connectivity index (χ4v) is 2.00. The first kappa shape index (κ1) is 15.7. The van der Waals surface area contributed by atoms with Crippen LogP contribution in [0.4, 0.5) is 5.69 Å². The average molecular weight is 265 g/mol. The number of nitrogens with two attached hydrogens (primary N) is 1. The maximum Gasteiger partial charge on any atom is 0.146 e. The highest BCUT2D eigenvalue weighted by Gasteiger charge is 2.06. The van der Waals surface area contributed by atoms with Crippen LogP contribution in [0.2, 0.25) is 0 Å². The summed E-state index contributed by atoms with van der Waals surface area (Å²) in [5, 5.41) is 0. The highest BCUT2D eigenvalue weighted by Crippen LogP contribution is 2.31. The summed E-state index contributed by atoms with van der Waals surface area (Å²) in [4.78, 5) is 0. The maximum absolute atomic E-state index is 6.00. The molecule has 0 amide bonds. The van der Waals surface area contributed by atoms with E-state index in [1.165, 1.54) is 32.1 Å². The van der Waals surface area contributed by atoms with E-state index in [0.717, 1.165) is 18.8 Å². The molecule has 19 heavy (non-hydrogen) atoms. The molecule has 0 saturated heterocycles. The second kappa shape index (κ2) is 9.54. The van der Waals surface area contributed by atoms with Gasteiger partial charge in [0.05, 0.1) is 13.2 Å². The lowest BCUT2D eigenvalue weighted by Gasteiger charge is -2.12. The second-order valence-corrected chi connectivity index (χ2v) is 4.72. The molecule has 3 heteroatoms. The summed E-state index contributed by atoms with van der Waals surface area (Å²) in [5.41, 5.74) is 6.61. The number of benzene rings is 1. The quantitative estimate of drug-likeness (QED) is 0.503.